The van der Waals surface area contributed by atoms with Gasteiger partial charge in [-0.2, -0.15) is 0 Å². The summed E-state index contributed by atoms with van der Waals surface area (Å²) in [5.74, 6) is -1.80. The highest BCUT2D eigenvalue weighted by molar-refractivity contribution is 6.00. The molecule has 2 rings (SSSR count). The molecule has 92 valence electrons. The van der Waals surface area contributed by atoms with Crippen LogP contribution in [0, 0.1) is 0 Å². The topological polar surface area (TPSA) is 120 Å². The van der Waals surface area contributed by atoms with Gasteiger partial charge in [-0.1, -0.05) is 12.1 Å². The van der Waals surface area contributed by atoms with E-state index in [2.05, 4.69) is 0 Å². The maximum atomic E-state index is 11.2. The van der Waals surface area contributed by atoms with Gasteiger partial charge in [-0.25, -0.2) is 0 Å². The number of amides is 2. The van der Waals surface area contributed by atoms with E-state index in [4.69, 9.17) is 15.9 Å². The predicted octanol–water partition coefficient (Wildman–Crippen LogP) is 0.850. The van der Waals surface area contributed by atoms with Crippen LogP contribution in [0.3, 0.4) is 0 Å². The van der Waals surface area contributed by atoms with Crippen LogP contribution in [0.25, 0.3) is 11.1 Å². The third-order valence-electron chi connectivity index (χ3n) is 2.38. The number of carbonyl (C=O) groups is 2. The van der Waals surface area contributed by atoms with Gasteiger partial charge in [0.2, 0.25) is 0 Å². The molecule has 5 N–H and O–H groups in total. The summed E-state index contributed by atoms with van der Waals surface area (Å²) in [7, 11) is 0. The van der Waals surface area contributed by atoms with Crippen molar-refractivity contribution in [1.29, 1.82) is 0 Å². The second-order valence-electron chi connectivity index (χ2n) is 3.63. The monoisotopic (exact) mass is 246 g/mol. The first kappa shape index (κ1) is 11.7. The Morgan fingerprint density at radius 1 is 1.06 bits per heavy atom. The summed E-state index contributed by atoms with van der Waals surface area (Å²) in [5, 5.41) is 9.19. The molecular formula is C12H10N2O4. The average molecular weight is 246 g/mol. The molecule has 2 amide bonds. The fourth-order valence-electron chi connectivity index (χ4n) is 1.55. The summed E-state index contributed by atoms with van der Waals surface area (Å²) in [6.45, 7) is 0. The van der Waals surface area contributed by atoms with Gasteiger partial charge in [-0.3, -0.25) is 9.59 Å². The van der Waals surface area contributed by atoms with Crippen LogP contribution in [0.15, 0.2) is 34.7 Å². The summed E-state index contributed by atoms with van der Waals surface area (Å²) in [6, 6.07) is 7.36. The van der Waals surface area contributed by atoms with E-state index < -0.39 is 11.8 Å². The summed E-state index contributed by atoms with van der Waals surface area (Å²) >= 11 is 0. The van der Waals surface area contributed by atoms with Crippen molar-refractivity contribution < 1.29 is 19.1 Å². The van der Waals surface area contributed by atoms with Crippen LogP contribution < -0.4 is 11.5 Å². The Kier molecular flexibility index (Phi) is 2.77. The zero-order valence-corrected chi connectivity index (χ0v) is 9.21. The van der Waals surface area contributed by atoms with E-state index in [1.54, 1.807) is 12.1 Å². The van der Waals surface area contributed by atoms with Crippen molar-refractivity contribution in [1.82, 2.24) is 0 Å². The van der Waals surface area contributed by atoms with Crippen LogP contribution in [0.2, 0.25) is 0 Å². The van der Waals surface area contributed by atoms with E-state index in [0.717, 1.165) is 0 Å². The molecule has 0 saturated heterocycles. The molecule has 2 aromatic rings. The highest BCUT2D eigenvalue weighted by Crippen LogP contribution is 2.28. The molecule has 0 bridgehead atoms. The van der Waals surface area contributed by atoms with Gasteiger partial charge in [0.05, 0.1) is 0 Å². The van der Waals surface area contributed by atoms with Crippen molar-refractivity contribution in [3.63, 3.8) is 0 Å². The molecule has 0 aliphatic rings. The second kappa shape index (κ2) is 4.25. The molecule has 1 heterocycles. The maximum Gasteiger partial charge on any atom is 0.285 e. The Morgan fingerprint density at radius 2 is 1.67 bits per heavy atom. The van der Waals surface area contributed by atoms with Crippen molar-refractivity contribution in [2.24, 2.45) is 11.5 Å². The van der Waals surface area contributed by atoms with E-state index in [0.29, 0.717) is 11.1 Å². The molecule has 0 fully saturated rings. The van der Waals surface area contributed by atoms with Crippen LogP contribution in [-0.2, 0) is 0 Å². The van der Waals surface area contributed by atoms with Gasteiger partial charge in [0.25, 0.3) is 11.8 Å². The number of phenols is 1. The van der Waals surface area contributed by atoms with Crippen LogP contribution in [0.5, 0.6) is 5.75 Å². The van der Waals surface area contributed by atoms with Gasteiger partial charge < -0.3 is 21.0 Å². The van der Waals surface area contributed by atoms with E-state index in [9.17, 15) is 14.7 Å². The quantitative estimate of drug-likeness (QED) is 0.743. The summed E-state index contributed by atoms with van der Waals surface area (Å²) in [4.78, 5) is 22.2. The van der Waals surface area contributed by atoms with Crippen LogP contribution >= 0.6 is 0 Å². The highest BCUT2D eigenvalue weighted by Gasteiger charge is 2.19. The van der Waals surface area contributed by atoms with Crippen molar-refractivity contribution >= 4 is 11.8 Å². The lowest BCUT2D eigenvalue weighted by Crippen LogP contribution is -2.12. The minimum atomic E-state index is -0.800. The molecular weight excluding hydrogens is 236 g/mol. The number of hydrogen-bond donors (Lipinski definition) is 3. The Labute approximate surface area is 102 Å². The van der Waals surface area contributed by atoms with Gasteiger partial charge in [-0.15, -0.1) is 0 Å². The molecule has 18 heavy (non-hydrogen) atoms. The van der Waals surface area contributed by atoms with Crippen molar-refractivity contribution in [2.45, 2.75) is 0 Å². The number of rotatable bonds is 3. The first-order chi connectivity index (χ1) is 8.49. The minimum absolute atomic E-state index is 0.0815. The number of benzene rings is 1. The standard InChI is InChI=1S/C12H10N2O4/c13-11(16)9-5-8(10(18-9)12(14)17)6-1-3-7(15)4-2-6/h1-5,15H,(H2,13,16)(H2,14,17). The van der Waals surface area contributed by atoms with E-state index in [1.807, 2.05) is 0 Å². The molecule has 0 radical (unpaired) electrons. The van der Waals surface area contributed by atoms with Gasteiger partial charge in [0.1, 0.15) is 5.75 Å². The number of primary amides is 2. The van der Waals surface area contributed by atoms with E-state index in [-0.39, 0.29) is 17.3 Å². The first-order valence-electron chi connectivity index (χ1n) is 5.02. The molecule has 0 unspecified atom stereocenters. The lowest BCUT2D eigenvalue weighted by molar-refractivity contribution is 0.0951. The molecule has 6 nitrogen and oxygen atoms in total. The smallest absolute Gasteiger partial charge is 0.285 e. The van der Waals surface area contributed by atoms with Gasteiger partial charge >= 0.3 is 0 Å². The molecule has 1 aromatic carbocycles. The normalized spacial score (nSPS) is 10.2. The number of nitrogens with two attached hydrogens (primary N) is 2. The fraction of sp³-hybridized carbons (Fsp3) is 0. The maximum absolute atomic E-state index is 11.2. The van der Waals surface area contributed by atoms with Gasteiger partial charge in [0.15, 0.2) is 11.5 Å². The van der Waals surface area contributed by atoms with E-state index in [1.165, 1.54) is 18.2 Å². The summed E-state index contributed by atoms with van der Waals surface area (Å²) in [6.07, 6.45) is 0. The first-order valence-corrected chi connectivity index (χ1v) is 5.02. The SMILES string of the molecule is NC(=O)c1cc(-c2ccc(O)cc2)c(C(N)=O)o1. The molecule has 0 aliphatic heterocycles. The summed E-state index contributed by atoms with van der Waals surface area (Å²) in [5.41, 5.74) is 11.2. The van der Waals surface area contributed by atoms with Crippen LogP contribution in [-0.4, -0.2) is 16.9 Å². The summed E-state index contributed by atoms with van der Waals surface area (Å²) < 4.78 is 5.01. The largest absolute Gasteiger partial charge is 0.508 e. The van der Waals surface area contributed by atoms with Gasteiger partial charge in [-0.05, 0) is 23.8 Å². The molecule has 0 aliphatic carbocycles. The van der Waals surface area contributed by atoms with Crippen LogP contribution in [0.1, 0.15) is 21.1 Å². The third kappa shape index (κ3) is 2.03. The number of phenolic OH excluding ortho intramolecular Hbond substituents is 1. The minimum Gasteiger partial charge on any atom is -0.508 e. The number of hydrogen-bond acceptors (Lipinski definition) is 4. The lowest BCUT2D eigenvalue weighted by Gasteiger charge is -1.99. The molecule has 0 spiro atoms. The Balaban J connectivity index is 2.58. The van der Waals surface area contributed by atoms with Gasteiger partial charge in [0, 0.05) is 5.56 Å². The van der Waals surface area contributed by atoms with Crippen molar-refractivity contribution in [3.8, 4) is 16.9 Å². The van der Waals surface area contributed by atoms with E-state index >= 15 is 0 Å². The zero-order valence-electron chi connectivity index (χ0n) is 9.21. The second-order valence-corrected chi connectivity index (χ2v) is 3.63. The highest BCUT2D eigenvalue weighted by atomic mass is 16.4. The van der Waals surface area contributed by atoms with Crippen LogP contribution in [0.4, 0.5) is 0 Å². The lowest BCUT2D eigenvalue weighted by atomic mass is 10.1. The molecule has 1 aromatic heterocycles. The van der Waals surface area contributed by atoms with Crippen molar-refractivity contribution in [2.75, 3.05) is 0 Å². The fourth-order valence-corrected chi connectivity index (χ4v) is 1.55. The van der Waals surface area contributed by atoms with Crippen molar-refractivity contribution in [3.05, 3.63) is 41.9 Å². The average Bonchev–Trinajstić information content (AvgIpc) is 2.75. The molecule has 6 heteroatoms. The zero-order chi connectivity index (χ0) is 13.3. The number of aromatic hydroxyl groups is 1. The molecule has 0 atom stereocenters. The predicted molar refractivity (Wildman–Crippen MR) is 62.8 cm³/mol. The molecule has 0 saturated carbocycles. The Hall–Kier alpha value is -2.76. The Morgan fingerprint density at radius 3 is 2.17 bits per heavy atom. The number of carbonyl (C=O) groups excluding carboxylic acids is 2. The third-order valence-corrected chi connectivity index (χ3v) is 2.38. The number of furan rings is 1. The Bertz CT molecular complexity index is 614.